The normalized spacial score (nSPS) is 16.4. The predicted octanol–water partition coefficient (Wildman–Crippen LogP) is 5.22. The van der Waals surface area contributed by atoms with Gasteiger partial charge in [0.1, 0.15) is 17.3 Å². The number of aromatic hydroxyl groups is 1. The van der Waals surface area contributed by atoms with Crippen LogP contribution in [0.1, 0.15) is 48.6 Å². The SMILES string of the molecule is CCCOc1ccc(/C(O)=C2/C(=O)C(=O)N(c3ccc(CC(=O)OCC)cc3)C2c2ccc(O)cc2)cc1C. The van der Waals surface area contributed by atoms with Gasteiger partial charge in [0.25, 0.3) is 11.7 Å². The van der Waals surface area contributed by atoms with E-state index in [4.69, 9.17) is 9.47 Å². The zero-order valence-corrected chi connectivity index (χ0v) is 22.1. The molecule has 1 fully saturated rings. The number of phenolic OH excluding ortho intramolecular Hbond substituents is 1. The van der Waals surface area contributed by atoms with Crippen LogP contribution in [0.25, 0.3) is 5.76 Å². The summed E-state index contributed by atoms with van der Waals surface area (Å²) >= 11 is 0. The Kier molecular flexibility index (Phi) is 8.34. The molecule has 1 heterocycles. The molecule has 39 heavy (non-hydrogen) atoms. The van der Waals surface area contributed by atoms with E-state index in [0.29, 0.717) is 34.7 Å². The second-order valence-corrected chi connectivity index (χ2v) is 9.24. The summed E-state index contributed by atoms with van der Waals surface area (Å²) in [7, 11) is 0. The average molecular weight is 530 g/mol. The van der Waals surface area contributed by atoms with Crippen molar-refractivity contribution in [3.8, 4) is 11.5 Å². The summed E-state index contributed by atoms with van der Waals surface area (Å²) in [6, 6.07) is 17.0. The monoisotopic (exact) mass is 529 g/mol. The first-order valence-electron chi connectivity index (χ1n) is 12.8. The summed E-state index contributed by atoms with van der Waals surface area (Å²) in [6.45, 7) is 6.41. The molecule has 1 aliphatic heterocycles. The third-order valence-corrected chi connectivity index (χ3v) is 6.43. The van der Waals surface area contributed by atoms with E-state index in [1.165, 1.54) is 17.0 Å². The van der Waals surface area contributed by atoms with Crippen LogP contribution in [0.5, 0.6) is 11.5 Å². The number of aliphatic hydroxyl groups is 1. The maximum atomic E-state index is 13.4. The largest absolute Gasteiger partial charge is 0.508 e. The number of nitrogens with zero attached hydrogens (tertiary/aromatic N) is 1. The average Bonchev–Trinajstić information content (AvgIpc) is 3.18. The topological polar surface area (TPSA) is 113 Å². The minimum Gasteiger partial charge on any atom is -0.508 e. The Bertz CT molecular complexity index is 1410. The van der Waals surface area contributed by atoms with Crippen LogP contribution < -0.4 is 9.64 Å². The number of amides is 1. The van der Waals surface area contributed by atoms with Crippen LogP contribution in [-0.2, 0) is 25.5 Å². The Balaban J connectivity index is 1.78. The van der Waals surface area contributed by atoms with Gasteiger partial charge in [0, 0.05) is 11.3 Å². The van der Waals surface area contributed by atoms with Crippen LogP contribution >= 0.6 is 0 Å². The van der Waals surface area contributed by atoms with Crippen LogP contribution in [0.4, 0.5) is 5.69 Å². The van der Waals surface area contributed by atoms with Crippen molar-refractivity contribution < 1.29 is 34.1 Å². The lowest BCUT2D eigenvalue weighted by molar-refractivity contribution is -0.142. The fourth-order valence-corrected chi connectivity index (χ4v) is 4.55. The van der Waals surface area contributed by atoms with E-state index >= 15 is 0 Å². The van der Waals surface area contributed by atoms with Gasteiger partial charge in [0.15, 0.2) is 0 Å². The number of aryl methyl sites for hydroxylation is 1. The summed E-state index contributed by atoms with van der Waals surface area (Å²) in [6.07, 6.45) is 0.923. The fourth-order valence-electron chi connectivity index (χ4n) is 4.55. The summed E-state index contributed by atoms with van der Waals surface area (Å²) in [4.78, 5) is 40.0. The molecule has 2 N–H and O–H groups in total. The van der Waals surface area contributed by atoms with Crippen LogP contribution in [0.3, 0.4) is 0 Å². The molecule has 1 aliphatic rings. The van der Waals surface area contributed by atoms with Gasteiger partial charge >= 0.3 is 5.97 Å². The summed E-state index contributed by atoms with van der Waals surface area (Å²) < 4.78 is 10.7. The highest BCUT2D eigenvalue weighted by Gasteiger charge is 2.47. The van der Waals surface area contributed by atoms with Gasteiger partial charge in [-0.05, 0) is 79.4 Å². The highest BCUT2D eigenvalue weighted by Crippen LogP contribution is 2.42. The first kappa shape index (κ1) is 27.4. The molecule has 0 aliphatic carbocycles. The van der Waals surface area contributed by atoms with E-state index in [1.54, 1.807) is 61.5 Å². The summed E-state index contributed by atoms with van der Waals surface area (Å²) in [5.41, 5.74) is 2.73. The molecular formula is C31H31NO7. The molecule has 0 radical (unpaired) electrons. The fraction of sp³-hybridized carbons (Fsp3) is 0.258. The number of carbonyl (C=O) groups is 3. The standard InChI is InChI=1S/C31H31NO7/c1-4-16-39-25-15-10-22(17-19(25)3)29(35)27-28(21-8-13-24(33)14-9-21)32(31(37)30(27)36)23-11-6-20(7-12-23)18-26(34)38-5-2/h6-15,17,28,33,35H,4-5,16,18H2,1-3H3/b29-27-. The molecule has 8 nitrogen and oxygen atoms in total. The maximum absolute atomic E-state index is 13.4. The van der Waals surface area contributed by atoms with E-state index in [1.807, 2.05) is 13.8 Å². The number of anilines is 1. The molecule has 202 valence electrons. The minimum atomic E-state index is -0.946. The van der Waals surface area contributed by atoms with Gasteiger partial charge in [0.2, 0.25) is 0 Å². The lowest BCUT2D eigenvalue weighted by Gasteiger charge is -2.25. The number of aliphatic hydroxyl groups excluding tert-OH is 1. The van der Waals surface area contributed by atoms with E-state index in [-0.39, 0.29) is 36.1 Å². The lowest BCUT2D eigenvalue weighted by atomic mass is 9.94. The molecule has 8 heteroatoms. The third kappa shape index (κ3) is 5.80. The number of benzene rings is 3. The van der Waals surface area contributed by atoms with Crippen molar-refractivity contribution in [1.82, 2.24) is 0 Å². The maximum Gasteiger partial charge on any atom is 0.310 e. The molecule has 0 bridgehead atoms. The van der Waals surface area contributed by atoms with E-state index in [2.05, 4.69) is 0 Å². The van der Waals surface area contributed by atoms with Gasteiger partial charge in [-0.15, -0.1) is 0 Å². The van der Waals surface area contributed by atoms with Gasteiger partial charge in [-0.25, -0.2) is 0 Å². The van der Waals surface area contributed by atoms with Crippen molar-refractivity contribution in [1.29, 1.82) is 0 Å². The Hall–Kier alpha value is -4.59. The van der Waals surface area contributed by atoms with Crippen molar-refractivity contribution in [2.24, 2.45) is 0 Å². The van der Waals surface area contributed by atoms with Crippen LogP contribution in [0.15, 0.2) is 72.3 Å². The third-order valence-electron chi connectivity index (χ3n) is 6.43. The van der Waals surface area contributed by atoms with E-state index in [9.17, 15) is 24.6 Å². The van der Waals surface area contributed by atoms with E-state index in [0.717, 1.165) is 12.0 Å². The summed E-state index contributed by atoms with van der Waals surface area (Å²) in [5, 5.41) is 21.2. The lowest BCUT2D eigenvalue weighted by Crippen LogP contribution is -2.29. The predicted molar refractivity (Wildman–Crippen MR) is 147 cm³/mol. The molecule has 3 aromatic rings. The van der Waals surface area contributed by atoms with Gasteiger partial charge in [0.05, 0.1) is 31.2 Å². The highest BCUT2D eigenvalue weighted by molar-refractivity contribution is 6.51. The number of Topliss-reactive ketones (excluding diaryl/α,β-unsaturated/α-hetero) is 1. The van der Waals surface area contributed by atoms with Crippen LogP contribution in [-0.4, -0.2) is 41.1 Å². The van der Waals surface area contributed by atoms with Crippen molar-refractivity contribution in [3.63, 3.8) is 0 Å². The molecule has 1 saturated heterocycles. The zero-order chi connectivity index (χ0) is 28.1. The first-order valence-corrected chi connectivity index (χ1v) is 12.8. The molecular weight excluding hydrogens is 498 g/mol. The second-order valence-electron chi connectivity index (χ2n) is 9.24. The van der Waals surface area contributed by atoms with Crippen LogP contribution in [0.2, 0.25) is 0 Å². The number of phenols is 1. The molecule has 4 rings (SSSR count). The van der Waals surface area contributed by atoms with Crippen molar-refractivity contribution in [2.45, 2.75) is 39.7 Å². The Morgan fingerprint density at radius 1 is 0.974 bits per heavy atom. The number of hydrogen-bond acceptors (Lipinski definition) is 7. The number of carbonyl (C=O) groups excluding carboxylic acids is 3. The molecule has 1 unspecified atom stereocenters. The van der Waals surface area contributed by atoms with Gasteiger partial charge < -0.3 is 19.7 Å². The highest BCUT2D eigenvalue weighted by atomic mass is 16.5. The number of ether oxygens (including phenoxy) is 2. The molecule has 1 amide bonds. The quantitative estimate of drug-likeness (QED) is 0.169. The van der Waals surface area contributed by atoms with Gasteiger partial charge in [-0.1, -0.05) is 31.2 Å². The minimum absolute atomic E-state index is 0.0253. The Morgan fingerprint density at radius 3 is 2.28 bits per heavy atom. The Morgan fingerprint density at radius 2 is 1.67 bits per heavy atom. The number of esters is 1. The smallest absolute Gasteiger partial charge is 0.310 e. The van der Waals surface area contributed by atoms with Crippen LogP contribution in [0, 0.1) is 6.92 Å². The number of ketones is 1. The molecule has 0 aromatic heterocycles. The van der Waals surface area contributed by atoms with Gasteiger partial charge in [-0.2, -0.15) is 0 Å². The second kappa shape index (κ2) is 11.9. The molecule has 0 saturated carbocycles. The zero-order valence-electron chi connectivity index (χ0n) is 22.1. The van der Waals surface area contributed by atoms with Crippen molar-refractivity contribution >= 4 is 29.1 Å². The van der Waals surface area contributed by atoms with E-state index < -0.39 is 17.7 Å². The van der Waals surface area contributed by atoms with Crippen molar-refractivity contribution in [2.75, 3.05) is 18.1 Å². The summed E-state index contributed by atoms with van der Waals surface area (Å²) in [5.74, 6) is -1.60. The Labute approximate surface area is 227 Å². The number of hydrogen-bond donors (Lipinski definition) is 2. The molecule has 0 spiro atoms. The molecule has 3 aromatic carbocycles. The van der Waals surface area contributed by atoms with Crippen molar-refractivity contribution in [3.05, 3.63) is 94.6 Å². The van der Waals surface area contributed by atoms with Gasteiger partial charge in [-0.3, -0.25) is 19.3 Å². The first-order chi connectivity index (χ1) is 18.7. The molecule has 1 atom stereocenters. The number of rotatable bonds is 9.